The Labute approximate surface area is 116 Å². The first-order valence-corrected chi connectivity index (χ1v) is 7.55. The number of carbonyl (C=O) groups excluding carboxylic acids is 1. The second-order valence-electron chi connectivity index (χ2n) is 6.02. The minimum atomic E-state index is 0.146. The highest BCUT2D eigenvalue weighted by Gasteiger charge is 2.31. The predicted octanol–water partition coefficient (Wildman–Crippen LogP) is 0.946. The number of carbonyl (C=O) groups is 1. The smallest absolute Gasteiger partial charge is 0.319 e. The van der Waals surface area contributed by atoms with Gasteiger partial charge in [0.05, 0.1) is 0 Å². The molecule has 0 radical (unpaired) electrons. The largest absolute Gasteiger partial charge is 0.331 e. The maximum absolute atomic E-state index is 11.9. The summed E-state index contributed by atoms with van der Waals surface area (Å²) in [7, 11) is 3.65. The van der Waals surface area contributed by atoms with Gasteiger partial charge in [-0.15, -0.1) is 0 Å². The minimum Gasteiger partial charge on any atom is -0.331 e. The third-order valence-electron chi connectivity index (χ3n) is 4.53. The Balaban J connectivity index is 1.87. The van der Waals surface area contributed by atoms with E-state index >= 15 is 0 Å². The lowest BCUT2D eigenvalue weighted by Gasteiger charge is -2.44. The standard InChI is InChI=1S/C14H28N4O/c1-16(2)14(19)17-9-6-12(7-10-17)18-8-4-3-5-13(18)11-15/h12-13H,3-11,15H2,1-2H3. The molecule has 1 atom stereocenters. The number of hydrogen-bond acceptors (Lipinski definition) is 3. The van der Waals surface area contributed by atoms with Gasteiger partial charge in [-0.1, -0.05) is 6.42 Å². The summed E-state index contributed by atoms with van der Waals surface area (Å²) in [6.45, 7) is 3.73. The summed E-state index contributed by atoms with van der Waals surface area (Å²) in [4.78, 5) is 18.2. The van der Waals surface area contributed by atoms with Crippen LogP contribution in [0.2, 0.25) is 0 Å². The van der Waals surface area contributed by atoms with Crippen LogP contribution in [0.25, 0.3) is 0 Å². The fraction of sp³-hybridized carbons (Fsp3) is 0.929. The lowest BCUT2D eigenvalue weighted by molar-refractivity contribution is 0.0577. The van der Waals surface area contributed by atoms with Crippen LogP contribution in [0, 0.1) is 0 Å². The zero-order valence-corrected chi connectivity index (χ0v) is 12.3. The Morgan fingerprint density at radius 2 is 1.84 bits per heavy atom. The Morgan fingerprint density at radius 1 is 1.16 bits per heavy atom. The first-order valence-electron chi connectivity index (χ1n) is 7.55. The third kappa shape index (κ3) is 3.39. The summed E-state index contributed by atoms with van der Waals surface area (Å²) in [6.07, 6.45) is 6.04. The normalized spacial score (nSPS) is 26.5. The monoisotopic (exact) mass is 268 g/mol. The highest BCUT2D eigenvalue weighted by Crippen LogP contribution is 2.25. The molecule has 0 aromatic rings. The van der Waals surface area contributed by atoms with Gasteiger partial charge < -0.3 is 15.5 Å². The number of rotatable bonds is 2. The highest BCUT2D eigenvalue weighted by molar-refractivity contribution is 5.73. The average Bonchev–Trinajstić information content (AvgIpc) is 2.46. The summed E-state index contributed by atoms with van der Waals surface area (Å²) in [5, 5.41) is 0. The first kappa shape index (κ1) is 14.6. The molecule has 5 nitrogen and oxygen atoms in total. The van der Waals surface area contributed by atoms with Crippen LogP contribution >= 0.6 is 0 Å². The molecule has 0 spiro atoms. The van der Waals surface area contributed by atoms with Crippen molar-refractivity contribution in [3.8, 4) is 0 Å². The van der Waals surface area contributed by atoms with Crippen LogP contribution < -0.4 is 5.73 Å². The van der Waals surface area contributed by atoms with Gasteiger partial charge >= 0.3 is 6.03 Å². The van der Waals surface area contributed by atoms with Crippen molar-refractivity contribution in [2.75, 3.05) is 40.3 Å². The molecule has 0 aromatic carbocycles. The number of piperidine rings is 2. The summed E-state index contributed by atoms with van der Waals surface area (Å²) in [5.41, 5.74) is 5.90. The van der Waals surface area contributed by atoms with Crippen LogP contribution in [0.3, 0.4) is 0 Å². The predicted molar refractivity (Wildman–Crippen MR) is 77.1 cm³/mol. The topological polar surface area (TPSA) is 52.8 Å². The Hall–Kier alpha value is -0.810. The van der Waals surface area contributed by atoms with Crippen molar-refractivity contribution in [2.24, 2.45) is 5.73 Å². The van der Waals surface area contributed by atoms with Gasteiger partial charge in [0, 0.05) is 45.8 Å². The van der Waals surface area contributed by atoms with Crippen molar-refractivity contribution in [1.29, 1.82) is 0 Å². The van der Waals surface area contributed by atoms with Gasteiger partial charge in [0.15, 0.2) is 0 Å². The number of nitrogens with zero attached hydrogens (tertiary/aromatic N) is 3. The van der Waals surface area contributed by atoms with Crippen molar-refractivity contribution in [3.05, 3.63) is 0 Å². The number of nitrogens with two attached hydrogens (primary N) is 1. The molecule has 2 N–H and O–H groups in total. The molecule has 0 aliphatic carbocycles. The van der Waals surface area contributed by atoms with Crippen molar-refractivity contribution < 1.29 is 4.79 Å². The Bertz CT molecular complexity index is 300. The van der Waals surface area contributed by atoms with Crippen LogP contribution in [0.1, 0.15) is 32.1 Å². The molecule has 2 rings (SSSR count). The van der Waals surface area contributed by atoms with E-state index < -0.39 is 0 Å². The molecular formula is C14H28N4O. The van der Waals surface area contributed by atoms with Gasteiger partial charge in [0.25, 0.3) is 0 Å². The molecule has 0 aromatic heterocycles. The number of likely N-dealkylation sites (tertiary alicyclic amines) is 2. The van der Waals surface area contributed by atoms with Gasteiger partial charge in [-0.05, 0) is 32.2 Å². The molecule has 2 amide bonds. The van der Waals surface area contributed by atoms with Crippen molar-refractivity contribution >= 4 is 6.03 Å². The van der Waals surface area contributed by atoms with Crippen LogP contribution in [-0.2, 0) is 0 Å². The Kier molecular flexibility index (Phi) is 5.05. The molecule has 2 heterocycles. The number of urea groups is 1. The van der Waals surface area contributed by atoms with Crippen LogP contribution in [-0.4, -0.2) is 73.1 Å². The summed E-state index contributed by atoms with van der Waals surface area (Å²) in [6, 6.07) is 1.34. The van der Waals surface area contributed by atoms with E-state index in [1.807, 2.05) is 19.0 Å². The zero-order chi connectivity index (χ0) is 13.8. The Morgan fingerprint density at radius 3 is 2.42 bits per heavy atom. The van der Waals surface area contributed by atoms with E-state index in [9.17, 15) is 4.79 Å². The van der Waals surface area contributed by atoms with Crippen LogP contribution in [0.5, 0.6) is 0 Å². The van der Waals surface area contributed by atoms with Gasteiger partial charge in [-0.2, -0.15) is 0 Å². The van der Waals surface area contributed by atoms with E-state index in [0.717, 1.165) is 32.5 Å². The van der Waals surface area contributed by atoms with E-state index in [0.29, 0.717) is 12.1 Å². The maximum atomic E-state index is 11.9. The zero-order valence-electron chi connectivity index (χ0n) is 12.3. The number of hydrogen-bond donors (Lipinski definition) is 1. The van der Waals surface area contributed by atoms with Crippen LogP contribution in [0.4, 0.5) is 4.79 Å². The van der Waals surface area contributed by atoms with E-state index in [2.05, 4.69) is 4.90 Å². The number of amides is 2. The van der Waals surface area contributed by atoms with Crippen LogP contribution in [0.15, 0.2) is 0 Å². The van der Waals surface area contributed by atoms with Crippen molar-refractivity contribution in [3.63, 3.8) is 0 Å². The molecule has 0 bridgehead atoms. The quantitative estimate of drug-likeness (QED) is 0.811. The molecule has 110 valence electrons. The lowest BCUT2D eigenvalue weighted by Crippen LogP contribution is -2.54. The molecule has 2 aliphatic rings. The summed E-state index contributed by atoms with van der Waals surface area (Å²) in [5.74, 6) is 0. The third-order valence-corrected chi connectivity index (χ3v) is 4.53. The molecule has 2 fully saturated rings. The second kappa shape index (κ2) is 6.57. The van der Waals surface area contributed by atoms with Gasteiger partial charge in [0.2, 0.25) is 0 Å². The molecular weight excluding hydrogens is 240 g/mol. The van der Waals surface area contributed by atoms with Crippen molar-refractivity contribution in [1.82, 2.24) is 14.7 Å². The average molecular weight is 268 g/mol. The fourth-order valence-corrected chi connectivity index (χ4v) is 3.43. The van der Waals surface area contributed by atoms with Gasteiger partial charge in [-0.3, -0.25) is 4.90 Å². The molecule has 19 heavy (non-hydrogen) atoms. The molecule has 0 saturated carbocycles. The molecule has 2 saturated heterocycles. The maximum Gasteiger partial charge on any atom is 0.319 e. The van der Waals surface area contributed by atoms with E-state index in [1.54, 1.807) is 4.90 Å². The molecule has 5 heteroatoms. The summed E-state index contributed by atoms with van der Waals surface area (Å²) < 4.78 is 0. The summed E-state index contributed by atoms with van der Waals surface area (Å²) >= 11 is 0. The SMILES string of the molecule is CN(C)C(=O)N1CCC(N2CCCCC2CN)CC1. The second-order valence-corrected chi connectivity index (χ2v) is 6.02. The fourth-order valence-electron chi connectivity index (χ4n) is 3.43. The molecule has 2 aliphatic heterocycles. The van der Waals surface area contributed by atoms with Crippen molar-refractivity contribution in [2.45, 2.75) is 44.2 Å². The van der Waals surface area contributed by atoms with E-state index in [1.165, 1.54) is 25.8 Å². The first-order chi connectivity index (χ1) is 9.13. The highest BCUT2D eigenvalue weighted by atomic mass is 16.2. The molecule has 1 unspecified atom stereocenters. The van der Waals surface area contributed by atoms with Gasteiger partial charge in [-0.25, -0.2) is 4.79 Å². The van der Waals surface area contributed by atoms with E-state index in [-0.39, 0.29) is 6.03 Å². The lowest BCUT2D eigenvalue weighted by atomic mass is 9.95. The van der Waals surface area contributed by atoms with E-state index in [4.69, 9.17) is 5.73 Å². The minimum absolute atomic E-state index is 0.146. The van der Waals surface area contributed by atoms with Gasteiger partial charge in [0.1, 0.15) is 0 Å².